The fourth-order valence-electron chi connectivity index (χ4n) is 9.34. The molecule has 1 N–H and O–H groups in total. The summed E-state index contributed by atoms with van der Waals surface area (Å²) in [5, 5.41) is 23.7. The third-order valence-electron chi connectivity index (χ3n) is 11.0. The molecule has 0 radical (unpaired) electrons. The third kappa shape index (κ3) is 3.86. The predicted molar refractivity (Wildman–Crippen MR) is 147 cm³/mol. The highest BCUT2D eigenvalue weighted by Gasteiger charge is 2.63. The number of aliphatic hydroxyl groups is 1. The summed E-state index contributed by atoms with van der Waals surface area (Å²) in [5.74, 6) is 1.39. The van der Waals surface area contributed by atoms with Gasteiger partial charge in [-0.05, 0) is 86.4 Å². The Kier molecular flexibility index (Phi) is 6.20. The van der Waals surface area contributed by atoms with Gasteiger partial charge < -0.3 is 5.11 Å². The lowest BCUT2D eigenvalue weighted by Crippen LogP contribution is -2.51. The van der Waals surface area contributed by atoms with Crippen LogP contribution in [0.2, 0.25) is 0 Å². The normalized spacial score (nSPS) is 39.5. The van der Waals surface area contributed by atoms with E-state index in [4.69, 9.17) is 4.98 Å². The second kappa shape index (κ2) is 9.17. The lowest BCUT2D eigenvalue weighted by molar-refractivity contribution is -0.129. The molecule has 0 aliphatic heterocycles. The van der Waals surface area contributed by atoms with Gasteiger partial charge in [0.25, 0.3) is 0 Å². The average molecular weight is 515 g/mol. The molecule has 4 nitrogen and oxygen atoms in total. The average Bonchev–Trinajstić information content (AvgIpc) is 3.48. The summed E-state index contributed by atoms with van der Waals surface area (Å²) in [5.41, 5.74) is 3.55. The Hall–Kier alpha value is -2.29. The molecule has 4 aliphatic carbocycles. The quantitative estimate of drug-likeness (QED) is 0.439. The first-order chi connectivity index (χ1) is 17.8. The molecule has 9 atom stereocenters. The molecular formula is C32H38N2O2S. The summed E-state index contributed by atoms with van der Waals surface area (Å²) >= 11 is 1.57. The van der Waals surface area contributed by atoms with Crippen molar-refractivity contribution >= 4 is 17.1 Å². The molecule has 3 fully saturated rings. The molecule has 0 unspecified atom stereocenters. The van der Waals surface area contributed by atoms with Crippen molar-refractivity contribution < 1.29 is 9.90 Å². The van der Waals surface area contributed by atoms with Crippen molar-refractivity contribution in [2.45, 2.75) is 77.7 Å². The van der Waals surface area contributed by atoms with Crippen LogP contribution in [0.5, 0.6) is 0 Å². The number of carbonyl (C=O) groups excluding carboxylic acids is 1. The van der Waals surface area contributed by atoms with Crippen LogP contribution in [0, 0.1) is 51.8 Å². The number of rotatable bonds is 4. The maximum Gasteiger partial charge on any atom is 0.133 e. The van der Waals surface area contributed by atoms with E-state index in [-0.39, 0.29) is 40.5 Å². The molecule has 0 spiro atoms. The van der Waals surface area contributed by atoms with Crippen LogP contribution in [0.15, 0.2) is 47.4 Å². The summed E-state index contributed by atoms with van der Waals surface area (Å²) in [6, 6.07) is 12.8. The van der Waals surface area contributed by atoms with Crippen molar-refractivity contribution in [2.75, 3.05) is 0 Å². The Labute approximate surface area is 224 Å². The minimum absolute atomic E-state index is 0.0115. The number of carbonyl (C=O) groups is 1. The third-order valence-corrected chi connectivity index (χ3v) is 12.0. The molecule has 5 heteroatoms. The first-order valence-electron chi connectivity index (χ1n) is 14.0. The smallest absolute Gasteiger partial charge is 0.133 e. The lowest BCUT2D eigenvalue weighted by Gasteiger charge is -2.57. The van der Waals surface area contributed by atoms with Gasteiger partial charge in [-0.15, -0.1) is 11.3 Å². The minimum Gasteiger partial charge on any atom is -0.393 e. The zero-order chi connectivity index (χ0) is 25.9. The van der Waals surface area contributed by atoms with E-state index in [9.17, 15) is 15.2 Å². The van der Waals surface area contributed by atoms with Gasteiger partial charge in [-0.2, -0.15) is 5.26 Å². The zero-order valence-corrected chi connectivity index (χ0v) is 23.0. The van der Waals surface area contributed by atoms with Crippen LogP contribution in [0.25, 0.3) is 11.3 Å². The van der Waals surface area contributed by atoms with Gasteiger partial charge in [-0.3, -0.25) is 4.79 Å². The molecule has 4 aliphatic rings. The van der Waals surface area contributed by atoms with E-state index in [1.807, 2.05) is 18.2 Å². The fraction of sp³-hybridized carbons (Fsp3) is 0.594. The number of nitriles is 1. The van der Waals surface area contributed by atoms with Gasteiger partial charge >= 0.3 is 0 Å². The van der Waals surface area contributed by atoms with Crippen LogP contribution in [-0.2, 0) is 4.79 Å². The summed E-state index contributed by atoms with van der Waals surface area (Å²) in [6.07, 6.45) is 9.20. The van der Waals surface area contributed by atoms with Crippen LogP contribution in [-0.4, -0.2) is 22.0 Å². The van der Waals surface area contributed by atoms with E-state index in [0.717, 1.165) is 61.2 Å². The number of hydrogen-bond acceptors (Lipinski definition) is 5. The molecule has 1 aromatic heterocycles. The van der Waals surface area contributed by atoms with Gasteiger partial charge in [0.2, 0.25) is 0 Å². The van der Waals surface area contributed by atoms with Gasteiger partial charge in [0.1, 0.15) is 16.7 Å². The molecule has 37 heavy (non-hydrogen) atoms. The Bertz CT molecular complexity index is 1260. The minimum atomic E-state index is -0.354. The Balaban J connectivity index is 1.34. The van der Waals surface area contributed by atoms with Gasteiger partial charge in [-0.1, -0.05) is 55.8 Å². The van der Waals surface area contributed by atoms with E-state index >= 15 is 0 Å². The zero-order valence-electron chi connectivity index (χ0n) is 22.2. The Morgan fingerprint density at radius 2 is 1.97 bits per heavy atom. The number of Topliss-reactive ketones (excluding diaryl/α,β-unsaturated/α-hetero) is 1. The molecule has 2 aromatic rings. The number of allylic oxidation sites excluding steroid dienone is 1. The number of aromatic nitrogens is 1. The predicted octanol–water partition coefficient (Wildman–Crippen LogP) is 7.17. The number of nitrogens with zero attached hydrogens (tertiary/aromatic N) is 2. The first-order valence-corrected chi connectivity index (χ1v) is 14.9. The summed E-state index contributed by atoms with van der Waals surface area (Å²) < 4.78 is 0. The molecule has 0 bridgehead atoms. The van der Waals surface area contributed by atoms with Crippen molar-refractivity contribution in [1.29, 1.82) is 5.26 Å². The van der Waals surface area contributed by atoms with Gasteiger partial charge in [0.15, 0.2) is 0 Å². The number of benzene rings is 1. The molecule has 0 amide bonds. The molecule has 3 saturated carbocycles. The molecule has 6 rings (SSSR count). The monoisotopic (exact) mass is 514 g/mol. The summed E-state index contributed by atoms with van der Waals surface area (Å²) in [6.45, 7) is 6.56. The summed E-state index contributed by atoms with van der Waals surface area (Å²) in [4.78, 5) is 18.3. The largest absolute Gasteiger partial charge is 0.393 e. The van der Waals surface area contributed by atoms with Crippen LogP contribution in [0.3, 0.4) is 0 Å². The van der Waals surface area contributed by atoms with Crippen molar-refractivity contribution in [3.05, 3.63) is 52.4 Å². The highest BCUT2D eigenvalue weighted by atomic mass is 32.1. The summed E-state index contributed by atoms with van der Waals surface area (Å²) in [7, 11) is 0. The second-order valence-corrected chi connectivity index (χ2v) is 13.6. The van der Waals surface area contributed by atoms with Gasteiger partial charge in [0.05, 0.1) is 17.9 Å². The van der Waals surface area contributed by atoms with Crippen LogP contribution < -0.4 is 0 Å². The molecule has 0 saturated heterocycles. The number of thiazole rings is 1. The SMILES string of the molecule is CC(=O)[C@H]1[C@H]([C@H](C#N)c2nc(-c3ccccc3)cs2)C[C@H]2[C@@H]3CC=C4C[C@@H](O)CC[C@]4(C)[C@H]3CC[C@@]21C. The molecule has 1 aromatic carbocycles. The van der Waals surface area contributed by atoms with E-state index in [1.54, 1.807) is 18.3 Å². The van der Waals surface area contributed by atoms with Gasteiger partial charge in [0, 0.05) is 16.9 Å². The highest BCUT2D eigenvalue weighted by molar-refractivity contribution is 7.10. The fourth-order valence-corrected chi connectivity index (χ4v) is 10.3. The van der Waals surface area contributed by atoms with Gasteiger partial charge in [-0.25, -0.2) is 4.98 Å². The lowest BCUT2D eigenvalue weighted by atomic mass is 9.47. The maximum atomic E-state index is 13.3. The number of ketones is 1. The van der Waals surface area contributed by atoms with Crippen LogP contribution in [0.4, 0.5) is 0 Å². The highest BCUT2D eigenvalue weighted by Crippen LogP contribution is 2.68. The van der Waals surface area contributed by atoms with Crippen LogP contribution in [0.1, 0.15) is 76.6 Å². The van der Waals surface area contributed by atoms with Crippen molar-refractivity contribution in [1.82, 2.24) is 4.98 Å². The Morgan fingerprint density at radius 3 is 2.70 bits per heavy atom. The number of aliphatic hydroxyl groups excluding tert-OH is 1. The van der Waals surface area contributed by atoms with Crippen LogP contribution >= 0.6 is 11.3 Å². The first kappa shape index (κ1) is 25.0. The standard InChI is InChI=1S/C32H38N2O2S/c1-19(35)29-24(25(17-33)30-34-28(18-37-30)20-7-5-4-6-8-20)16-27-23-10-9-21-15-22(36)11-13-31(21,2)26(23)12-14-32(27,29)3/h4-9,18,22-27,29,36H,10-16H2,1-3H3/t22-,23+,24-,25-,26-,27-,29-,31-,32-/m0/s1. The maximum absolute atomic E-state index is 13.3. The second-order valence-electron chi connectivity index (χ2n) is 12.7. The van der Waals surface area contributed by atoms with E-state index in [2.05, 4.69) is 43.5 Å². The van der Waals surface area contributed by atoms with E-state index in [1.165, 1.54) is 5.57 Å². The molecule has 194 valence electrons. The van der Waals surface area contributed by atoms with Crippen molar-refractivity contribution in [3.8, 4) is 17.3 Å². The van der Waals surface area contributed by atoms with E-state index in [0.29, 0.717) is 17.8 Å². The topological polar surface area (TPSA) is 74.0 Å². The van der Waals surface area contributed by atoms with Crippen molar-refractivity contribution in [2.24, 2.45) is 40.4 Å². The molecular weight excluding hydrogens is 476 g/mol. The number of fused-ring (bicyclic) bond motifs is 5. The van der Waals surface area contributed by atoms with Crippen molar-refractivity contribution in [3.63, 3.8) is 0 Å². The number of hydrogen-bond donors (Lipinski definition) is 1. The molecule has 1 heterocycles. The van der Waals surface area contributed by atoms with E-state index < -0.39 is 0 Å². The Morgan fingerprint density at radius 1 is 1.19 bits per heavy atom.